The lowest BCUT2D eigenvalue weighted by Gasteiger charge is -2.04. The van der Waals surface area contributed by atoms with Gasteiger partial charge in [0.1, 0.15) is 5.75 Å². The van der Waals surface area contributed by atoms with E-state index in [1.165, 1.54) is 0 Å². The summed E-state index contributed by atoms with van der Waals surface area (Å²) >= 11 is 4.92. The Hall–Kier alpha value is -2.33. The molecule has 0 bridgehead atoms. The molecule has 20 heavy (non-hydrogen) atoms. The molecule has 0 amide bonds. The molecule has 3 nitrogen and oxygen atoms in total. The number of benzene rings is 2. The Balaban J connectivity index is 1.90. The first-order valence-electron chi connectivity index (χ1n) is 6.19. The number of methoxy groups -OCH3 is 1. The van der Waals surface area contributed by atoms with Crippen molar-refractivity contribution in [3.05, 3.63) is 59.6 Å². The third-order valence-corrected chi connectivity index (χ3v) is 3.32. The molecule has 2 aromatic carbocycles. The Morgan fingerprint density at radius 3 is 1.95 bits per heavy atom. The summed E-state index contributed by atoms with van der Waals surface area (Å²) in [4.78, 5) is 3.25. The Kier molecular flexibility index (Phi) is 3.39. The molecule has 1 heterocycles. The van der Waals surface area contributed by atoms with Gasteiger partial charge in [-0.25, -0.2) is 0 Å². The van der Waals surface area contributed by atoms with Crippen LogP contribution in [-0.4, -0.2) is 12.1 Å². The number of aromatic nitrogens is 1. The molecule has 0 aliphatic carbocycles. The van der Waals surface area contributed by atoms with Crippen LogP contribution >= 0.6 is 12.2 Å². The Labute approximate surface area is 121 Å². The first-order chi connectivity index (χ1) is 9.76. The lowest BCUT2D eigenvalue weighted by Crippen LogP contribution is -1.83. The van der Waals surface area contributed by atoms with Crippen molar-refractivity contribution in [3.63, 3.8) is 0 Å². The zero-order chi connectivity index (χ0) is 13.9. The largest absolute Gasteiger partial charge is 0.497 e. The van der Waals surface area contributed by atoms with E-state index in [0.29, 0.717) is 4.84 Å². The fraction of sp³-hybridized carbons (Fsp3) is 0.0625. The molecule has 0 unspecified atom stereocenters. The van der Waals surface area contributed by atoms with Crippen LogP contribution in [0.1, 0.15) is 0 Å². The SMILES string of the molecule is COc1ccc(-c2ccc(-c3c[nH]c(=S)o3)cc2)cc1. The molecule has 1 aromatic heterocycles. The molecular weight excluding hydrogens is 270 g/mol. The zero-order valence-electron chi connectivity index (χ0n) is 10.9. The van der Waals surface area contributed by atoms with Crippen molar-refractivity contribution in [2.24, 2.45) is 0 Å². The van der Waals surface area contributed by atoms with Crippen molar-refractivity contribution in [1.29, 1.82) is 0 Å². The second-order valence-corrected chi connectivity index (χ2v) is 4.72. The van der Waals surface area contributed by atoms with Crippen LogP contribution in [0, 0.1) is 4.84 Å². The maximum Gasteiger partial charge on any atom is 0.266 e. The topological polar surface area (TPSA) is 38.2 Å². The van der Waals surface area contributed by atoms with Gasteiger partial charge >= 0.3 is 0 Å². The van der Waals surface area contributed by atoms with Crippen LogP contribution in [-0.2, 0) is 0 Å². The van der Waals surface area contributed by atoms with Crippen LogP contribution in [0.15, 0.2) is 59.1 Å². The molecule has 0 radical (unpaired) electrons. The van der Waals surface area contributed by atoms with Crippen LogP contribution < -0.4 is 4.74 Å². The highest BCUT2D eigenvalue weighted by atomic mass is 32.1. The predicted octanol–water partition coefficient (Wildman–Crippen LogP) is 4.68. The Bertz CT molecular complexity index is 754. The van der Waals surface area contributed by atoms with Crippen molar-refractivity contribution >= 4 is 12.2 Å². The second kappa shape index (κ2) is 5.35. The van der Waals surface area contributed by atoms with Gasteiger partial charge in [-0.2, -0.15) is 0 Å². The van der Waals surface area contributed by atoms with E-state index in [4.69, 9.17) is 21.4 Å². The molecule has 0 atom stereocenters. The minimum Gasteiger partial charge on any atom is -0.497 e. The van der Waals surface area contributed by atoms with E-state index in [-0.39, 0.29) is 0 Å². The summed E-state index contributed by atoms with van der Waals surface area (Å²) in [6.45, 7) is 0. The average Bonchev–Trinajstić information content (AvgIpc) is 2.94. The van der Waals surface area contributed by atoms with Crippen LogP contribution in [0.4, 0.5) is 0 Å². The molecule has 0 saturated carbocycles. The number of aromatic amines is 1. The fourth-order valence-corrected chi connectivity index (χ4v) is 2.18. The number of oxazole rings is 1. The third kappa shape index (κ3) is 2.51. The minimum absolute atomic E-state index is 0.388. The maximum absolute atomic E-state index is 5.39. The number of H-pyrrole nitrogens is 1. The highest BCUT2D eigenvalue weighted by molar-refractivity contribution is 7.71. The lowest BCUT2D eigenvalue weighted by molar-refractivity contribution is 0.415. The van der Waals surface area contributed by atoms with Gasteiger partial charge in [0, 0.05) is 11.8 Å². The van der Waals surface area contributed by atoms with Gasteiger partial charge in [-0.1, -0.05) is 36.4 Å². The van der Waals surface area contributed by atoms with E-state index >= 15 is 0 Å². The van der Waals surface area contributed by atoms with Gasteiger partial charge in [0.2, 0.25) is 0 Å². The highest BCUT2D eigenvalue weighted by Crippen LogP contribution is 2.26. The minimum atomic E-state index is 0.388. The van der Waals surface area contributed by atoms with E-state index in [2.05, 4.69) is 17.1 Å². The summed E-state index contributed by atoms with van der Waals surface area (Å²) in [5.41, 5.74) is 3.28. The molecule has 100 valence electrons. The number of rotatable bonds is 3. The van der Waals surface area contributed by atoms with Gasteiger partial charge in [-0.05, 0) is 35.5 Å². The number of ether oxygens (including phenoxy) is 1. The normalized spacial score (nSPS) is 10.4. The third-order valence-electron chi connectivity index (χ3n) is 3.12. The molecule has 0 fully saturated rings. The van der Waals surface area contributed by atoms with E-state index in [0.717, 1.165) is 28.2 Å². The van der Waals surface area contributed by atoms with Crippen molar-refractivity contribution in [1.82, 2.24) is 4.98 Å². The van der Waals surface area contributed by atoms with Crippen molar-refractivity contribution in [3.8, 4) is 28.2 Å². The molecule has 0 saturated heterocycles. The van der Waals surface area contributed by atoms with E-state index in [9.17, 15) is 0 Å². The number of hydrogen-bond donors (Lipinski definition) is 1. The van der Waals surface area contributed by atoms with E-state index in [1.807, 2.05) is 36.4 Å². The molecule has 4 heteroatoms. The predicted molar refractivity (Wildman–Crippen MR) is 81.3 cm³/mol. The second-order valence-electron chi connectivity index (χ2n) is 4.35. The molecule has 3 rings (SSSR count). The molecular formula is C16H13NO2S. The first kappa shape index (κ1) is 12.7. The fourth-order valence-electron chi connectivity index (χ4n) is 2.04. The first-order valence-corrected chi connectivity index (χ1v) is 6.60. The van der Waals surface area contributed by atoms with E-state index < -0.39 is 0 Å². The van der Waals surface area contributed by atoms with Gasteiger partial charge in [0.25, 0.3) is 4.84 Å². The summed E-state index contributed by atoms with van der Waals surface area (Å²) in [6.07, 6.45) is 1.77. The van der Waals surface area contributed by atoms with Crippen molar-refractivity contribution < 1.29 is 9.15 Å². The maximum atomic E-state index is 5.39. The van der Waals surface area contributed by atoms with Crippen LogP contribution in [0.5, 0.6) is 5.75 Å². The summed E-state index contributed by atoms with van der Waals surface area (Å²) in [6, 6.07) is 16.1. The smallest absolute Gasteiger partial charge is 0.266 e. The van der Waals surface area contributed by atoms with Crippen LogP contribution in [0.25, 0.3) is 22.5 Å². The highest BCUT2D eigenvalue weighted by Gasteiger charge is 2.03. The summed E-state index contributed by atoms with van der Waals surface area (Å²) in [5, 5.41) is 0. The van der Waals surface area contributed by atoms with Gasteiger partial charge in [0.05, 0.1) is 7.11 Å². The molecule has 1 N–H and O–H groups in total. The van der Waals surface area contributed by atoms with Crippen molar-refractivity contribution in [2.45, 2.75) is 0 Å². The lowest BCUT2D eigenvalue weighted by atomic mass is 10.0. The van der Waals surface area contributed by atoms with Crippen molar-refractivity contribution in [2.75, 3.05) is 7.11 Å². The molecule has 0 spiro atoms. The summed E-state index contributed by atoms with van der Waals surface area (Å²) in [5.74, 6) is 1.60. The zero-order valence-corrected chi connectivity index (χ0v) is 11.7. The van der Waals surface area contributed by atoms with Gasteiger partial charge in [-0.3, -0.25) is 0 Å². The molecule has 0 aliphatic heterocycles. The van der Waals surface area contributed by atoms with Gasteiger partial charge in [0.15, 0.2) is 5.76 Å². The van der Waals surface area contributed by atoms with Gasteiger partial charge in [-0.15, -0.1) is 0 Å². The average molecular weight is 283 g/mol. The summed E-state index contributed by atoms with van der Waals surface area (Å²) < 4.78 is 10.5. The molecule has 3 aromatic rings. The molecule has 0 aliphatic rings. The Morgan fingerprint density at radius 2 is 1.45 bits per heavy atom. The van der Waals surface area contributed by atoms with Gasteiger partial charge < -0.3 is 14.1 Å². The Morgan fingerprint density at radius 1 is 0.900 bits per heavy atom. The standard InChI is InChI=1S/C16H13NO2S/c1-18-14-8-6-12(7-9-14)11-2-4-13(5-3-11)15-10-17-16(20)19-15/h2-10H,1H3,(H,17,20). The quantitative estimate of drug-likeness (QED) is 0.709. The monoisotopic (exact) mass is 283 g/mol. The summed E-state index contributed by atoms with van der Waals surface area (Å²) in [7, 11) is 1.66. The van der Waals surface area contributed by atoms with Crippen LogP contribution in [0.3, 0.4) is 0 Å². The van der Waals surface area contributed by atoms with Crippen LogP contribution in [0.2, 0.25) is 0 Å². The number of hydrogen-bond acceptors (Lipinski definition) is 3. The number of nitrogens with one attached hydrogen (secondary N) is 1. The van der Waals surface area contributed by atoms with E-state index in [1.54, 1.807) is 13.3 Å².